The number of aromatic amines is 1. The molecule has 0 radical (unpaired) electrons. The van der Waals surface area contributed by atoms with Crippen molar-refractivity contribution in [3.63, 3.8) is 0 Å². The monoisotopic (exact) mass is 851 g/mol. The zero-order chi connectivity index (χ0) is 43.8. The number of aliphatic hydroxyl groups excluding tert-OH is 2. The van der Waals surface area contributed by atoms with Crippen LogP contribution in [-0.4, -0.2) is 109 Å². The van der Waals surface area contributed by atoms with Gasteiger partial charge in [0.15, 0.2) is 24.9 Å². The van der Waals surface area contributed by atoms with E-state index < -0.39 is 12.6 Å². The van der Waals surface area contributed by atoms with Crippen LogP contribution in [0.25, 0.3) is 44.4 Å². The third-order valence-corrected chi connectivity index (χ3v) is 10.6. The normalized spacial score (nSPS) is 12.6. The molecule has 5 heterocycles. The number of carboxylic acid groups (broad SMARTS) is 1. The summed E-state index contributed by atoms with van der Waals surface area (Å²) in [5.41, 5.74) is 12.1. The number of aliphatic carboxylic acids is 1. The fourth-order valence-corrected chi connectivity index (χ4v) is 7.39. The van der Waals surface area contributed by atoms with Crippen molar-refractivity contribution in [1.82, 2.24) is 34.5 Å². The molecule has 4 aromatic rings. The number of benzene rings is 1. The highest BCUT2D eigenvalue weighted by atomic mass is 16.7. The van der Waals surface area contributed by atoms with Crippen LogP contribution in [0.4, 0.5) is 0 Å². The average Bonchev–Trinajstić information content (AvgIpc) is 4.04. The van der Waals surface area contributed by atoms with E-state index in [1.54, 1.807) is 37.1 Å². The molecule has 6 rings (SSSR count). The lowest BCUT2D eigenvalue weighted by Gasteiger charge is -2.13. The Hall–Kier alpha value is -5.78. The number of allylic oxidation sites excluding steroid dienone is 4. The number of nitrogens with zero attached hydrogens (tertiary/aromatic N) is 6. The van der Waals surface area contributed by atoms with Crippen molar-refractivity contribution < 1.29 is 43.8 Å². The Morgan fingerprint density at radius 3 is 2.08 bits per heavy atom. The number of ether oxygens (including phenoxy) is 5. The van der Waals surface area contributed by atoms with E-state index in [1.807, 2.05) is 24.6 Å². The molecular weight excluding hydrogens is 795 g/mol. The molecule has 2 aliphatic rings. The Labute approximate surface area is 361 Å². The number of fused-ring (bicyclic) bond motifs is 7. The first-order valence-electron chi connectivity index (χ1n) is 21.1. The predicted molar refractivity (Wildman–Crippen MR) is 236 cm³/mol. The van der Waals surface area contributed by atoms with E-state index in [4.69, 9.17) is 43.6 Å². The van der Waals surface area contributed by atoms with Gasteiger partial charge in [0.25, 0.3) is 0 Å². The molecule has 16 nitrogen and oxygen atoms in total. The smallest absolute Gasteiger partial charge is 0.341 e. The number of nitrogens with one attached hydrogen (secondary N) is 1. The molecule has 0 fully saturated rings. The van der Waals surface area contributed by atoms with Crippen molar-refractivity contribution in [2.45, 2.75) is 79.4 Å². The van der Waals surface area contributed by atoms with Crippen LogP contribution in [0.3, 0.4) is 0 Å². The summed E-state index contributed by atoms with van der Waals surface area (Å²) >= 11 is 0. The number of rotatable bonds is 23. The Balaban J connectivity index is 1.42. The second-order valence-electron chi connectivity index (χ2n) is 14.8. The molecule has 0 spiro atoms. The molecule has 3 aromatic heterocycles. The van der Waals surface area contributed by atoms with Crippen molar-refractivity contribution in [1.29, 1.82) is 0 Å². The molecule has 0 amide bonds. The zero-order valence-electron chi connectivity index (χ0n) is 36.0. The van der Waals surface area contributed by atoms with Crippen molar-refractivity contribution in [2.75, 3.05) is 53.0 Å². The van der Waals surface area contributed by atoms with Gasteiger partial charge in [-0.1, -0.05) is 13.8 Å². The van der Waals surface area contributed by atoms with Gasteiger partial charge in [-0.3, -0.25) is 9.97 Å². The molecule has 0 unspecified atom stereocenters. The van der Waals surface area contributed by atoms with E-state index in [0.29, 0.717) is 69.0 Å². The van der Waals surface area contributed by atoms with Gasteiger partial charge in [-0.15, -0.1) is 0 Å². The van der Waals surface area contributed by atoms with Crippen molar-refractivity contribution in [3.8, 4) is 11.5 Å². The molecule has 16 heteroatoms. The van der Waals surface area contributed by atoms with Gasteiger partial charge >= 0.3 is 5.97 Å². The van der Waals surface area contributed by atoms with Gasteiger partial charge < -0.3 is 48.6 Å². The van der Waals surface area contributed by atoms with Crippen LogP contribution in [0.5, 0.6) is 11.5 Å². The van der Waals surface area contributed by atoms with Crippen LogP contribution < -0.4 is 9.47 Å². The van der Waals surface area contributed by atoms with Crippen molar-refractivity contribution in [2.24, 2.45) is 0 Å². The second kappa shape index (κ2) is 22.9. The predicted octanol–water partition coefficient (Wildman–Crippen LogP) is 7.10. The molecule has 4 N–H and O–H groups in total. The van der Waals surface area contributed by atoms with Crippen LogP contribution in [0.15, 0.2) is 55.4 Å². The molecule has 0 saturated heterocycles. The van der Waals surface area contributed by atoms with Gasteiger partial charge in [0.2, 0.25) is 0 Å². The quantitative estimate of drug-likeness (QED) is 0.0434. The molecule has 6 bridgehead atoms. The molecular formula is C46H57N7O9. The van der Waals surface area contributed by atoms with Gasteiger partial charge in [-0.05, 0) is 104 Å². The zero-order valence-corrected chi connectivity index (χ0v) is 36.0. The van der Waals surface area contributed by atoms with E-state index in [2.05, 4.69) is 35.9 Å². The summed E-state index contributed by atoms with van der Waals surface area (Å²) in [5, 5.41) is 29.0. The maximum absolute atomic E-state index is 11.7. The maximum Gasteiger partial charge on any atom is 0.341 e. The maximum atomic E-state index is 11.7. The minimum absolute atomic E-state index is 0.0489. The Kier molecular flexibility index (Phi) is 16.9. The average molecular weight is 852 g/mol. The van der Waals surface area contributed by atoms with Crippen LogP contribution in [0.1, 0.15) is 93.2 Å². The third-order valence-electron chi connectivity index (χ3n) is 10.6. The molecule has 2 aliphatic heterocycles. The topological polar surface area (TPSA) is 209 Å². The molecule has 62 heavy (non-hydrogen) atoms. The summed E-state index contributed by atoms with van der Waals surface area (Å²) in [6, 6.07) is 7.40. The molecule has 0 atom stereocenters. The minimum atomic E-state index is -1.16. The number of hydrogen-bond acceptors (Lipinski definition) is 13. The Morgan fingerprint density at radius 1 is 0.726 bits per heavy atom. The Bertz CT molecular complexity index is 2430. The Morgan fingerprint density at radius 2 is 1.39 bits per heavy atom. The van der Waals surface area contributed by atoms with Gasteiger partial charge in [0.1, 0.15) is 6.73 Å². The first kappa shape index (κ1) is 45.7. The number of unbranched alkanes of at least 4 members (excludes halogenated alkanes) is 1. The number of imidazole rings is 1. The summed E-state index contributed by atoms with van der Waals surface area (Å²) in [5.74, 6) is -0.811. The van der Waals surface area contributed by atoms with Gasteiger partial charge in [0, 0.05) is 43.3 Å². The molecule has 0 aliphatic carbocycles. The summed E-state index contributed by atoms with van der Waals surface area (Å²) in [4.78, 5) is 39.3. The lowest BCUT2D eigenvalue weighted by molar-refractivity contribution is -0.139. The van der Waals surface area contributed by atoms with Crippen LogP contribution >= 0.6 is 0 Å². The number of carboxylic acids is 1. The van der Waals surface area contributed by atoms with Crippen LogP contribution in [0.2, 0.25) is 0 Å². The van der Waals surface area contributed by atoms with E-state index >= 15 is 0 Å². The van der Waals surface area contributed by atoms with Gasteiger partial charge in [-0.25, -0.2) is 19.7 Å². The lowest BCUT2D eigenvalue weighted by atomic mass is 9.98. The molecule has 1 aromatic carbocycles. The number of H-pyrrole nitrogens is 1. The van der Waals surface area contributed by atoms with E-state index in [0.717, 1.165) is 69.7 Å². The summed E-state index contributed by atoms with van der Waals surface area (Å²) < 4.78 is 30.4. The summed E-state index contributed by atoms with van der Waals surface area (Å²) in [7, 11) is 0. The van der Waals surface area contributed by atoms with Crippen LogP contribution in [0, 0.1) is 6.92 Å². The highest BCUT2D eigenvalue weighted by Gasteiger charge is 2.22. The van der Waals surface area contributed by atoms with Crippen LogP contribution in [-0.2, 0) is 32.2 Å². The molecule has 0 saturated carbocycles. The number of aryl methyl sites for hydroxylation is 2. The number of carbonyl (C=O) groups is 1. The standard InChI is InChI=1S/C46H57N7O9/c1-5-32-33(6-2)37-21-39-35(11-9-15-55)31(4)43(52-39)25-48-40-22-44(61-26-46(56)57)45(62-29-60-19-17-58-16-18-59-28-53-13-12-47-27-53)23-41(40)49-24-42-30(3)34(10-7-8-14-54)38(51-42)20-36(32)50-37/h12-13,20-25,27,52,54-55H,5-11,14-19,26,28-29H2,1-4H3,(H,56,57). The van der Waals surface area contributed by atoms with E-state index in [1.165, 1.54) is 11.1 Å². The number of hydrogen-bond donors (Lipinski definition) is 4. The summed E-state index contributed by atoms with van der Waals surface area (Å²) in [6.45, 7) is 9.40. The fourth-order valence-electron chi connectivity index (χ4n) is 7.39. The lowest BCUT2D eigenvalue weighted by Crippen LogP contribution is -2.13. The van der Waals surface area contributed by atoms with Crippen molar-refractivity contribution >= 4 is 50.3 Å². The minimum Gasteiger partial charge on any atom is -0.479 e. The molecule has 330 valence electrons. The van der Waals surface area contributed by atoms with Gasteiger partial charge in [-0.2, -0.15) is 0 Å². The highest BCUT2D eigenvalue weighted by molar-refractivity contribution is 5.95. The largest absolute Gasteiger partial charge is 0.479 e. The summed E-state index contributed by atoms with van der Waals surface area (Å²) in [6.07, 6.45) is 13.6. The first-order chi connectivity index (χ1) is 30.2. The number of aromatic nitrogens is 7. The van der Waals surface area contributed by atoms with Crippen molar-refractivity contribution in [3.05, 3.63) is 89.3 Å². The highest BCUT2D eigenvalue weighted by Crippen LogP contribution is 2.38. The number of aliphatic hydroxyl groups is 2. The first-order valence-corrected chi connectivity index (χ1v) is 21.1. The van der Waals surface area contributed by atoms with Gasteiger partial charge in [0.05, 0.1) is 84.5 Å². The SMILES string of the molecule is CCC1=C(CC)c2cc3[nH]c(cnc4cc(OCC(=O)O)c(OCOCCOCCOCn5ccnc5)cc4ncc4nc(cc1n2)C(CCCCO)=C4C)c(C)c3CCCO. The fraction of sp³-hybridized carbons (Fsp3) is 0.435. The van der Waals surface area contributed by atoms with E-state index in [-0.39, 0.29) is 38.1 Å². The van der Waals surface area contributed by atoms with E-state index in [9.17, 15) is 20.1 Å². The second-order valence-corrected chi connectivity index (χ2v) is 14.8. The third kappa shape index (κ3) is 11.8.